The highest BCUT2D eigenvalue weighted by Gasteiger charge is 2.16. The first kappa shape index (κ1) is 16.7. The third kappa shape index (κ3) is 4.96. The molecule has 5 heteroatoms. The van der Waals surface area contributed by atoms with Gasteiger partial charge in [-0.15, -0.1) is 0 Å². The van der Waals surface area contributed by atoms with Crippen molar-refractivity contribution in [3.63, 3.8) is 0 Å². The van der Waals surface area contributed by atoms with Crippen LogP contribution in [0.5, 0.6) is 0 Å². The number of carbonyl (C=O) groups is 1. The van der Waals surface area contributed by atoms with Crippen molar-refractivity contribution in [2.24, 2.45) is 5.92 Å². The number of benzene rings is 1. The Labute approximate surface area is 123 Å². The molecule has 0 aromatic heterocycles. The molecule has 20 heavy (non-hydrogen) atoms. The SMILES string of the molecule is Cc1ccc(N)cc1NC(=O)CCS(=O)C(C)C(C)C. The highest BCUT2D eigenvalue weighted by atomic mass is 32.2. The summed E-state index contributed by atoms with van der Waals surface area (Å²) in [6.07, 6.45) is 0.262. The smallest absolute Gasteiger partial charge is 0.225 e. The second-order valence-electron chi connectivity index (χ2n) is 5.41. The maximum absolute atomic E-state index is 12.0. The van der Waals surface area contributed by atoms with Gasteiger partial charge in [-0.2, -0.15) is 0 Å². The first-order valence-corrected chi connectivity index (χ1v) is 8.22. The number of anilines is 2. The van der Waals surface area contributed by atoms with E-state index in [0.29, 0.717) is 17.4 Å². The average Bonchev–Trinajstić information content (AvgIpc) is 2.39. The molecule has 0 aliphatic carbocycles. The summed E-state index contributed by atoms with van der Waals surface area (Å²) in [4.78, 5) is 11.9. The molecule has 1 aromatic rings. The van der Waals surface area contributed by atoms with E-state index < -0.39 is 10.8 Å². The molecule has 0 spiro atoms. The van der Waals surface area contributed by atoms with Gasteiger partial charge >= 0.3 is 0 Å². The Morgan fingerprint density at radius 2 is 2.00 bits per heavy atom. The fraction of sp³-hybridized carbons (Fsp3) is 0.533. The predicted molar refractivity (Wildman–Crippen MR) is 86.1 cm³/mol. The second-order valence-corrected chi connectivity index (χ2v) is 7.32. The van der Waals surface area contributed by atoms with E-state index in [0.717, 1.165) is 11.3 Å². The van der Waals surface area contributed by atoms with Crippen LogP contribution >= 0.6 is 0 Å². The van der Waals surface area contributed by atoms with Crippen molar-refractivity contribution in [2.75, 3.05) is 16.8 Å². The second kappa shape index (κ2) is 7.43. The molecule has 0 bridgehead atoms. The third-order valence-corrected chi connectivity index (χ3v) is 5.40. The Morgan fingerprint density at radius 3 is 2.60 bits per heavy atom. The van der Waals surface area contributed by atoms with E-state index in [1.165, 1.54) is 0 Å². The van der Waals surface area contributed by atoms with Gasteiger partial charge in [0.15, 0.2) is 0 Å². The number of nitrogens with one attached hydrogen (secondary N) is 1. The Morgan fingerprint density at radius 1 is 1.35 bits per heavy atom. The Hall–Kier alpha value is -1.36. The van der Waals surface area contributed by atoms with Crippen molar-refractivity contribution < 1.29 is 9.00 Å². The van der Waals surface area contributed by atoms with Crippen LogP contribution in [-0.4, -0.2) is 21.1 Å². The zero-order valence-electron chi connectivity index (χ0n) is 12.6. The van der Waals surface area contributed by atoms with Gasteiger partial charge in [-0.3, -0.25) is 9.00 Å². The lowest BCUT2D eigenvalue weighted by molar-refractivity contribution is -0.115. The van der Waals surface area contributed by atoms with E-state index in [1.54, 1.807) is 12.1 Å². The van der Waals surface area contributed by atoms with Crippen molar-refractivity contribution in [1.82, 2.24) is 0 Å². The number of rotatable bonds is 6. The van der Waals surface area contributed by atoms with Crippen LogP contribution in [0, 0.1) is 12.8 Å². The lowest BCUT2D eigenvalue weighted by atomic mass is 10.2. The van der Waals surface area contributed by atoms with Gasteiger partial charge in [0.25, 0.3) is 0 Å². The number of aryl methyl sites for hydroxylation is 1. The monoisotopic (exact) mass is 296 g/mol. The lowest BCUT2D eigenvalue weighted by Gasteiger charge is -2.15. The maximum atomic E-state index is 12.0. The van der Waals surface area contributed by atoms with Gasteiger partial charge < -0.3 is 11.1 Å². The number of amides is 1. The highest BCUT2D eigenvalue weighted by molar-refractivity contribution is 7.85. The van der Waals surface area contributed by atoms with Gasteiger partial charge in [0, 0.05) is 39.6 Å². The number of nitrogen functional groups attached to an aromatic ring is 1. The van der Waals surface area contributed by atoms with Crippen molar-refractivity contribution in [2.45, 2.75) is 39.4 Å². The summed E-state index contributed by atoms with van der Waals surface area (Å²) in [5.74, 6) is 0.630. The van der Waals surface area contributed by atoms with Crippen LogP contribution in [0.25, 0.3) is 0 Å². The Kier molecular flexibility index (Phi) is 6.20. The molecule has 1 aromatic carbocycles. The maximum Gasteiger partial charge on any atom is 0.225 e. The third-order valence-electron chi connectivity index (χ3n) is 3.42. The minimum absolute atomic E-state index is 0.108. The van der Waals surface area contributed by atoms with E-state index in [9.17, 15) is 9.00 Å². The largest absolute Gasteiger partial charge is 0.399 e. The van der Waals surface area contributed by atoms with Crippen LogP contribution in [0.2, 0.25) is 0 Å². The van der Waals surface area contributed by atoms with Crippen LogP contribution in [0.1, 0.15) is 32.8 Å². The first-order chi connectivity index (χ1) is 9.31. The Bertz CT molecular complexity index is 501. The van der Waals surface area contributed by atoms with Gasteiger partial charge in [0.2, 0.25) is 5.91 Å². The summed E-state index contributed by atoms with van der Waals surface area (Å²) >= 11 is 0. The molecular formula is C15H24N2O2S. The van der Waals surface area contributed by atoms with Crippen molar-refractivity contribution in [3.05, 3.63) is 23.8 Å². The molecule has 2 unspecified atom stereocenters. The molecule has 1 rings (SSSR count). The van der Waals surface area contributed by atoms with Crippen molar-refractivity contribution >= 4 is 28.1 Å². The van der Waals surface area contributed by atoms with Gasteiger partial charge in [-0.1, -0.05) is 26.8 Å². The van der Waals surface area contributed by atoms with E-state index >= 15 is 0 Å². The van der Waals surface area contributed by atoms with Gasteiger partial charge in [-0.05, 0) is 30.5 Å². The van der Waals surface area contributed by atoms with Crippen molar-refractivity contribution in [3.8, 4) is 0 Å². The molecule has 1 amide bonds. The summed E-state index contributed by atoms with van der Waals surface area (Å²) in [6, 6.07) is 5.40. The fourth-order valence-corrected chi connectivity index (χ4v) is 3.04. The van der Waals surface area contributed by atoms with E-state index in [-0.39, 0.29) is 17.6 Å². The molecule has 0 radical (unpaired) electrons. The summed E-state index contributed by atoms with van der Waals surface area (Å²) in [5, 5.41) is 2.93. The minimum Gasteiger partial charge on any atom is -0.399 e. The lowest BCUT2D eigenvalue weighted by Crippen LogP contribution is -2.23. The predicted octanol–water partition coefficient (Wildman–Crippen LogP) is 2.70. The molecule has 112 valence electrons. The molecule has 0 saturated heterocycles. The Balaban J connectivity index is 2.52. The number of carbonyl (C=O) groups excluding carboxylic acids is 1. The molecule has 2 atom stereocenters. The molecular weight excluding hydrogens is 272 g/mol. The van der Waals surface area contributed by atoms with Gasteiger partial charge in [0.1, 0.15) is 0 Å². The van der Waals surface area contributed by atoms with E-state index in [4.69, 9.17) is 5.73 Å². The zero-order valence-corrected chi connectivity index (χ0v) is 13.4. The van der Waals surface area contributed by atoms with Crippen LogP contribution in [-0.2, 0) is 15.6 Å². The van der Waals surface area contributed by atoms with E-state index in [2.05, 4.69) is 5.32 Å². The fourth-order valence-electron chi connectivity index (χ4n) is 1.67. The molecule has 3 N–H and O–H groups in total. The zero-order chi connectivity index (χ0) is 15.3. The summed E-state index contributed by atoms with van der Waals surface area (Å²) in [7, 11) is -0.969. The summed E-state index contributed by atoms with van der Waals surface area (Å²) < 4.78 is 12.0. The van der Waals surface area contributed by atoms with Crippen LogP contribution in [0.3, 0.4) is 0 Å². The molecule has 0 fully saturated rings. The van der Waals surface area contributed by atoms with Crippen LogP contribution < -0.4 is 11.1 Å². The molecule has 0 saturated carbocycles. The normalized spacial score (nSPS) is 14.1. The minimum atomic E-state index is -0.969. The molecule has 4 nitrogen and oxygen atoms in total. The van der Waals surface area contributed by atoms with Gasteiger partial charge in [0.05, 0.1) is 0 Å². The van der Waals surface area contributed by atoms with Gasteiger partial charge in [-0.25, -0.2) is 0 Å². The van der Waals surface area contributed by atoms with E-state index in [1.807, 2.05) is 33.8 Å². The van der Waals surface area contributed by atoms with Crippen molar-refractivity contribution in [1.29, 1.82) is 0 Å². The first-order valence-electron chi connectivity index (χ1n) is 6.84. The van der Waals surface area contributed by atoms with Crippen LogP contribution in [0.4, 0.5) is 11.4 Å². The number of hydrogen-bond acceptors (Lipinski definition) is 3. The molecule has 0 aliphatic rings. The summed E-state index contributed by atoms with van der Waals surface area (Å²) in [6.45, 7) is 7.95. The number of nitrogens with two attached hydrogens (primary N) is 1. The summed E-state index contributed by atoms with van der Waals surface area (Å²) in [5.41, 5.74) is 7.99. The quantitative estimate of drug-likeness (QED) is 0.793. The standard InChI is InChI=1S/C15H24N2O2S/c1-10(2)12(4)20(19)8-7-15(18)17-14-9-13(16)6-5-11(14)3/h5-6,9-10,12H,7-8,16H2,1-4H3,(H,17,18). The highest BCUT2D eigenvalue weighted by Crippen LogP contribution is 2.18. The molecule has 0 heterocycles. The topological polar surface area (TPSA) is 72.2 Å². The molecule has 0 aliphatic heterocycles. The van der Waals surface area contributed by atoms with Crippen LogP contribution in [0.15, 0.2) is 18.2 Å². The average molecular weight is 296 g/mol. The number of hydrogen-bond donors (Lipinski definition) is 2.